The molecule has 1 aliphatic heterocycles. The maximum absolute atomic E-state index is 11.6. The van der Waals surface area contributed by atoms with Crippen LogP contribution >= 0.6 is 24.0 Å². The molecule has 0 bridgehead atoms. The van der Waals surface area contributed by atoms with Gasteiger partial charge in [-0.05, 0) is 12.8 Å². The second-order valence-corrected chi connectivity index (χ2v) is 5.26. The Kier molecular flexibility index (Phi) is 13.0. The quantitative estimate of drug-likeness (QED) is 0.181. The average molecular weight is 440 g/mol. The monoisotopic (exact) mass is 440 g/mol. The van der Waals surface area contributed by atoms with Crippen LogP contribution in [0.2, 0.25) is 0 Å². The summed E-state index contributed by atoms with van der Waals surface area (Å²) in [6.07, 6.45) is 3.83. The summed E-state index contributed by atoms with van der Waals surface area (Å²) in [5, 5.41) is 6.27. The van der Waals surface area contributed by atoms with Crippen LogP contribution in [0.25, 0.3) is 0 Å². The summed E-state index contributed by atoms with van der Waals surface area (Å²) in [6.45, 7) is 7.29. The number of carbonyl (C=O) groups excluding carboxylic acids is 1. The summed E-state index contributed by atoms with van der Waals surface area (Å²) in [6, 6.07) is 0. The minimum atomic E-state index is -0.0377. The van der Waals surface area contributed by atoms with E-state index in [4.69, 9.17) is 9.47 Å². The van der Waals surface area contributed by atoms with Crippen molar-refractivity contribution in [2.45, 2.75) is 18.9 Å². The molecule has 134 valence electrons. The van der Waals surface area contributed by atoms with Crippen molar-refractivity contribution in [2.24, 2.45) is 4.99 Å². The molecule has 1 saturated heterocycles. The van der Waals surface area contributed by atoms with E-state index in [0.717, 1.165) is 26.0 Å². The Balaban J connectivity index is 0.00000484. The number of carbonyl (C=O) groups is 1. The Bertz CT molecular complexity index is 372. The summed E-state index contributed by atoms with van der Waals surface area (Å²) < 4.78 is 10.9. The second kappa shape index (κ2) is 13.6. The van der Waals surface area contributed by atoms with Gasteiger partial charge in [0.2, 0.25) is 5.91 Å². The van der Waals surface area contributed by atoms with E-state index >= 15 is 0 Å². The molecule has 1 rings (SSSR count). The number of nitrogens with zero attached hydrogens (tertiary/aromatic N) is 2. The number of amides is 1. The Hall–Kier alpha value is -0.870. The first-order valence-corrected chi connectivity index (χ1v) is 7.66. The van der Waals surface area contributed by atoms with Crippen LogP contribution < -0.4 is 10.6 Å². The fraction of sp³-hybridized carbons (Fsp3) is 0.733. The lowest BCUT2D eigenvalue weighted by Gasteiger charge is -2.13. The third-order valence-corrected chi connectivity index (χ3v) is 3.14. The highest BCUT2D eigenvalue weighted by atomic mass is 127. The van der Waals surface area contributed by atoms with Crippen LogP contribution in [0.1, 0.15) is 12.8 Å². The highest BCUT2D eigenvalue weighted by molar-refractivity contribution is 14.0. The largest absolute Gasteiger partial charge is 0.379 e. The molecular weight excluding hydrogens is 411 g/mol. The predicted octanol–water partition coefficient (Wildman–Crippen LogP) is 0.609. The third-order valence-electron chi connectivity index (χ3n) is 3.14. The van der Waals surface area contributed by atoms with Crippen molar-refractivity contribution >= 4 is 35.8 Å². The Morgan fingerprint density at radius 1 is 1.48 bits per heavy atom. The SMILES string of the molecule is C=CCNC(=NCC(=O)N(C)C)NCCCOC1CCOC1.I. The lowest BCUT2D eigenvalue weighted by atomic mass is 10.3. The van der Waals surface area contributed by atoms with Gasteiger partial charge in [0.15, 0.2) is 5.96 Å². The van der Waals surface area contributed by atoms with Crippen molar-refractivity contribution in [3.8, 4) is 0 Å². The minimum Gasteiger partial charge on any atom is -0.379 e. The van der Waals surface area contributed by atoms with Crippen molar-refractivity contribution in [1.82, 2.24) is 15.5 Å². The van der Waals surface area contributed by atoms with Gasteiger partial charge in [-0.25, -0.2) is 4.99 Å². The normalized spacial score (nSPS) is 17.3. The fourth-order valence-corrected chi connectivity index (χ4v) is 1.80. The predicted molar refractivity (Wildman–Crippen MR) is 102 cm³/mol. The van der Waals surface area contributed by atoms with Gasteiger partial charge in [0, 0.05) is 40.4 Å². The minimum absolute atomic E-state index is 0. The molecule has 0 aromatic rings. The van der Waals surface area contributed by atoms with Crippen molar-refractivity contribution < 1.29 is 14.3 Å². The van der Waals surface area contributed by atoms with Crippen LogP contribution in [0.4, 0.5) is 0 Å². The highest BCUT2D eigenvalue weighted by Crippen LogP contribution is 2.07. The molecule has 0 aromatic heterocycles. The number of hydrogen-bond donors (Lipinski definition) is 2. The molecule has 23 heavy (non-hydrogen) atoms. The lowest BCUT2D eigenvalue weighted by molar-refractivity contribution is -0.127. The zero-order valence-corrected chi connectivity index (χ0v) is 16.4. The number of ether oxygens (including phenoxy) is 2. The molecule has 0 saturated carbocycles. The van der Waals surface area contributed by atoms with Gasteiger partial charge in [-0.1, -0.05) is 6.08 Å². The topological polar surface area (TPSA) is 75.2 Å². The number of rotatable bonds is 9. The molecule has 1 amide bonds. The molecule has 1 aliphatic rings. The zero-order chi connectivity index (χ0) is 16.2. The van der Waals surface area contributed by atoms with E-state index in [1.54, 1.807) is 20.2 Å². The maximum atomic E-state index is 11.6. The highest BCUT2D eigenvalue weighted by Gasteiger charge is 2.15. The van der Waals surface area contributed by atoms with Crippen LogP contribution in [-0.2, 0) is 14.3 Å². The summed E-state index contributed by atoms with van der Waals surface area (Å²) in [7, 11) is 3.43. The molecule has 7 nitrogen and oxygen atoms in total. The molecule has 1 heterocycles. The molecule has 0 aromatic carbocycles. The van der Waals surface area contributed by atoms with Crippen molar-refractivity contribution in [3.63, 3.8) is 0 Å². The van der Waals surface area contributed by atoms with Gasteiger partial charge in [0.1, 0.15) is 6.54 Å². The van der Waals surface area contributed by atoms with E-state index in [9.17, 15) is 4.79 Å². The number of halogens is 1. The number of likely N-dealkylation sites (N-methyl/N-ethyl adjacent to an activating group) is 1. The van der Waals surface area contributed by atoms with E-state index in [1.807, 2.05) is 0 Å². The van der Waals surface area contributed by atoms with Gasteiger partial charge >= 0.3 is 0 Å². The van der Waals surface area contributed by atoms with Gasteiger partial charge in [-0.2, -0.15) is 0 Å². The van der Waals surface area contributed by atoms with Crippen LogP contribution in [0.5, 0.6) is 0 Å². The molecule has 1 atom stereocenters. The van der Waals surface area contributed by atoms with E-state index in [-0.39, 0.29) is 42.5 Å². The Morgan fingerprint density at radius 3 is 2.87 bits per heavy atom. The van der Waals surface area contributed by atoms with Crippen molar-refractivity contribution in [2.75, 3.05) is 53.6 Å². The Morgan fingerprint density at radius 2 is 2.26 bits per heavy atom. The third kappa shape index (κ3) is 10.5. The Labute approximate surface area is 155 Å². The van der Waals surface area contributed by atoms with Crippen LogP contribution in [0.15, 0.2) is 17.6 Å². The standard InChI is InChI=1S/C15H28N4O3.HI/c1-4-7-16-15(18-11-14(20)19(2)3)17-8-5-9-22-13-6-10-21-12-13;/h4,13H,1,5-12H2,2-3H3,(H2,16,17,18);1H. The first kappa shape index (κ1) is 22.1. The molecule has 8 heteroatoms. The molecule has 0 radical (unpaired) electrons. The van der Waals surface area contributed by atoms with Crippen molar-refractivity contribution in [1.29, 1.82) is 0 Å². The second-order valence-electron chi connectivity index (χ2n) is 5.26. The summed E-state index contributed by atoms with van der Waals surface area (Å²) in [5.74, 6) is 0.573. The van der Waals surface area contributed by atoms with Crippen LogP contribution in [0.3, 0.4) is 0 Å². The van der Waals surface area contributed by atoms with E-state index in [1.165, 1.54) is 4.90 Å². The molecule has 0 aliphatic carbocycles. The van der Waals surface area contributed by atoms with Crippen molar-refractivity contribution in [3.05, 3.63) is 12.7 Å². The molecular formula is C15H29IN4O3. The van der Waals surface area contributed by atoms with Crippen LogP contribution in [0, 0.1) is 0 Å². The summed E-state index contributed by atoms with van der Waals surface area (Å²) in [5.41, 5.74) is 0. The zero-order valence-electron chi connectivity index (χ0n) is 14.0. The lowest BCUT2D eigenvalue weighted by Crippen LogP contribution is -2.39. The van der Waals surface area contributed by atoms with Gasteiger partial charge in [-0.3, -0.25) is 4.79 Å². The first-order valence-electron chi connectivity index (χ1n) is 7.66. The average Bonchev–Trinajstić information content (AvgIpc) is 3.01. The molecule has 0 spiro atoms. The number of guanidine groups is 1. The first-order chi connectivity index (χ1) is 10.6. The molecule has 1 unspecified atom stereocenters. The van der Waals surface area contributed by atoms with Gasteiger partial charge in [-0.15, -0.1) is 30.6 Å². The van der Waals surface area contributed by atoms with Gasteiger partial charge in [0.25, 0.3) is 0 Å². The molecule has 2 N–H and O–H groups in total. The number of aliphatic imine (C=N–C) groups is 1. The van der Waals surface area contributed by atoms with E-state index in [0.29, 0.717) is 25.7 Å². The van der Waals surface area contributed by atoms with Gasteiger partial charge in [0.05, 0.1) is 12.7 Å². The molecule has 1 fully saturated rings. The maximum Gasteiger partial charge on any atom is 0.243 e. The smallest absolute Gasteiger partial charge is 0.243 e. The number of nitrogens with one attached hydrogen (secondary N) is 2. The van der Waals surface area contributed by atoms with Gasteiger partial charge < -0.3 is 25.0 Å². The summed E-state index contributed by atoms with van der Waals surface area (Å²) in [4.78, 5) is 17.3. The number of hydrogen-bond acceptors (Lipinski definition) is 4. The fourth-order valence-electron chi connectivity index (χ4n) is 1.80. The van der Waals surface area contributed by atoms with Crippen LogP contribution in [-0.4, -0.2) is 76.4 Å². The van der Waals surface area contributed by atoms with E-state index < -0.39 is 0 Å². The van der Waals surface area contributed by atoms with E-state index in [2.05, 4.69) is 22.2 Å². The summed E-state index contributed by atoms with van der Waals surface area (Å²) >= 11 is 0.